The van der Waals surface area contributed by atoms with Crippen molar-refractivity contribution in [1.82, 2.24) is 4.90 Å². The zero-order valence-corrected chi connectivity index (χ0v) is 14.6. The summed E-state index contributed by atoms with van der Waals surface area (Å²) in [5.41, 5.74) is -0.315. The molecular weight excluding hydrogens is 324 g/mol. The Kier molecular flexibility index (Phi) is 4.28. The molecule has 134 valence electrons. The molecule has 7 heteroatoms. The molecule has 3 rings (SSSR count). The van der Waals surface area contributed by atoms with E-state index in [-0.39, 0.29) is 30.2 Å². The largest absolute Gasteiger partial charge is 0.508 e. The minimum Gasteiger partial charge on any atom is -0.508 e. The second kappa shape index (κ2) is 6.15. The van der Waals surface area contributed by atoms with Gasteiger partial charge < -0.3 is 15.2 Å². The number of rotatable bonds is 4. The summed E-state index contributed by atoms with van der Waals surface area (Å²) >= 11 is 0. The van der Waals surface area contributed by atoms with Crippen LogP contribution in [0.3, 0.4) is 0 Å². The minimum atomic E-state index is -1.11. The second-order valence-electron chi connectivity index (χ2n) is 6.64. The van der Waals surface area contributed by atoms with Crippen molar-refractivity contribution < 1.29 is 29.5 Å². The van der Waals surface area contributed by atoms with Gasteiger partial charge in [0.15, 0.2) is 0 Å². The number of amides is 2. The van der Waals surface area contributed by atoms with Gasteiger partial charge in [-0.05, 0) is 31.2 Å². The maximum atomic E-state index is 12.8. The number of hydrogen-bond donors (Lipinski definition) is 2. The summed E-state index contributed by atoms with van der Waals surface area (Å²) < 4.78 is 5.26. The number of aromatic hydroxyl groups is 1. The van der Waals surface area contributed by atoms with Crippen LogP contribution in [0.1, 0.15) is 31.9 Å². The lowest BCUT2D eigenvalue weighted by Crippen LogP contribution is -2.98. The average molecular weight is 347 g/mol. The highest BCUT2D eigenvalue weighted by molar-refractivity contribution is 6.08. The van der Waals surface area contributed by atoms with Crippen molar-refractivity contribution in [3.63, 3.8) is 0 Å². The lowest BCUT2D eigenvalue weighted by molar-refractivity contribution is -0.734. The molecule has 0 saturated carbocycles. The lowest BCUT2D eigenvalue weighted by Gasteiger charge is -2.28. The van der Waals surface area contributed by atoms with Gasteiger partial charge in [-0.3, -0.25) is 14.5 Å². The summed E-state index contributed by atoms with van der Waals surface area (Å²) in [6.45, 7) is 3.77. The van der Waals surface area contributed by atoms with Crippen molar-refractivity contribution >= 4 is 17.8 Å². The van der Waals surface area contributed by atoms with Crippen molar-refractivity contribution in [3.8, 4) is 5.75 Å². The van der Waals surface area contributed by atoms with Gasteiger partial charge in [0.1, 0.15) is 23.6 Å². The third-order valence-corrected chi connectivity index (χ3v) is 5.51. The fourth-order valence-electron chi connectivity index (χ4n) is 4.21. The number of fused-ring (bicyclic) bond motifs is 1. The number of nitrogens with zero attached hydrogens (tertiary/aromatic N) is 1. The number of carbonyl (C=O) groups excluding carboxylic acids is 3. The van der Waals surface area contributed by atoms with Crippen LogP contribution >= 0.6 is 0 Å². The van der Waals surface area contributed by atoms with Gasteiger partial charge in [-0.2, -0.15) is 0 Å². The highest BCUT2D eigenvalue weighted by Gasteiger charge is 2.71. The van der Waals surface area contributed by atoms with E-state index >= 15 is 0 Å². The molecule has 0 spiro atoms. The molecule has 0 aromatic heterocycles. The van der Waals surface area contributed by atoms with Crippen molar-refractivity contribution in [2.45, 2.75) is 31.8 Å². The molecule has 7 nitrogen and oxygen atoms in total. The van der Waals surface area contributed by atoms with Crippen LogP contribution in [-0.2, 0) is 19.1 Å². The Morgan fingerprint density at radius 1 is 1.24 bits per heavy atom. The molecule has 0 bridgehead atoms. The molecule has 1 aromatic rings. The van der Waals surface area contributed by atoms with Gasteiger partial charge in [0.25, 0.3) is 0 Å². The quantitative estimate of drug-likeness (QED) is 0.588. The molecule has 2 heterocycles. The Morgan fingerprint density at radius 2 is 1.88 bits per heavy atom. The highest BCUT2D eigenvalue weighted by atomic mass is 16.5. The first-order valence-corrected chi connectivity index (χ1v) is 8.51. The fraction of sp³-hybridized carbons (Fsp3) is 0.500. The number of likely N-dealkylation sites (tertiary alicyclic amines) is 1. The smallest absolute Gasteiger partial charge is 0.368 e. The van der Waals surface area contributed by atoms with E-state index in [2.05, 4.69) is 0 Å². The average Bonchev–Trinajstić information content (AvgIpc) is 3.06. The molecule has 2 aliphatic rings. The fourth-order valence-corrected chi connectivity index (χ4v) is 4.21. The van der Waals surface area contributed by atoms with Crippen LogP contribution in [0.15, 0.2) is 24.3 Å². The topological polar surface area (TPSA) is 101 Å². The number of phenols is 1. The van der Waals surface area contributed by atoms with Gasteiger partial charge in [-0.1, -0.05) is 6.92 Å². The molecule has 0 aliphatic carbocycles. The Bertz CT molecular complexity index is 717. The number of hydrogen-bond acceptors (Lipinski definition) is 5. The van der Waals surface area contributed by atoms with Crippen molar-refractivity contribution in [2.75, 3.05) is 13.7 Å². The van der Waals surface area contributed by atoms with E-state index < -0.39 is 23.3 Å². The molecule has 2 saturated heterocycles. The number of quaternary nitrogens is 1. The molecule has 4 atom stereocenters. The van der Waals surface area contributed by atoms with Gasteiger partial charge in [-0.15, -0.1) is 0 Å². The third kappa shape index (κ3) is 2.41. The Balaban J connectivity index is 2.10. The maximum Gasteiger partial charge on any atom is 0.368 e. The number of nitrogens with two attached hydrogens (primary N) is 1. The first kappa shape index (κ1) is 17.4. The summed E-state index contributed by atoms with van der Waals surface area (Å²) in [4.78, 5) is 39.3. The van der Waals surface area contributed by atoms with E-state index in [0.29, 0.717) is 6.42 Å². The molecule has 25 heavy (non-hydrogen) atoms. The summed E-state index contributed by atoms with van der Waals surface area (Å²) in [6, 6.07) is 6.15. The molecule has 1 aromatic carbocycles. The molecule has 2 aliphatic heterocycles. The van der Waals surface area contributed by atoms with Crippen LogP contribution in [0.25, 0.3) is 0 Å². The lowest BCUT2D eigenvalue weighted by atomic mass is 9.78. The Morgan fingerprint density at radius 3 is 2.44 bits per heavy atom. The molecular formula is C18H23N2O5+. The van der Waals surface area contributed by atoms with Crippen molar-refractivity contribution in [1.29, 1.82) is 0 Å². The van der Waals surface area contributed by atoms with E-state index in [4.69, 9.17) is 4.74 Å². The van der Waals surface area contributed by atoms with Crippen molar-refractivity contribution in [2.24, 2.45) is 11.8 Å². The van der Waals surface area contributed by atoms with Gasteiger partial charge in [-0.25, -0.2) is 4.79 Å². The van der Waals surface area contributed by atoms with Crippen molar-refractivity contribution in [3.05, 3.63) is 29.8 Å². The van der Waals surface area contributed by atoms with Crippen LogP contribution in [0, 0.1) is 11.8 Å². The monoisotopic (exact) mass is 347 g/mol. The van der Waals surface area contributed by atoms with E-state index in [1.54, 1.807) is 31.2 Å². The summed E-state index contributed by atoms with van der Waals surface area (Å²) in [7, 11) is 1.46. The Hall–Kier alpha value is -2.41. The van der Waals surface area contributed by atoms with Gasteiger partial charge in [0, 0.05) is 19.0 Å². The van der Waals surface area contributed by atoms with Crippen LogP contribution in [-0.4, -0.2) is 47.0 Å². The van der Waals surface area contributed by atoms with E-state index in [1.807, 2.05) is 12.2 Å². The summed E-state index contributed by atoms with van der Waals surface area (Å²) in [5.74, 6) is -2.30. The normalized spacial score (nSPS) is 31.3. The van der Waals surface area contributed by atoms with Crippen LogP contribution < -0.4 is 5.32 Å². The van der Waals surface area contributed by atoms with Gasteiger partial charge in [0.2, 0.25) is 17.4 Å². The SMILES string of the molecule is CCOC(=O)[C@]1(CC)[NH2+][C@@H](c2ccc(O)cc2)[C@H]2C(=O)N(C)C(=O)[C@@H]21. The summed E-state index contributed by atoms with van der Waals surface area (Å²) in [5, 5.41) is 11.3. The predicted molar refractivity (Wildman–Crippen MR) is 87.2 cm³/mol. The van der Waals surface area contributed by atoms with Gasteiger partial charge >= 0.3 is 5.97 Å². The second-order valence-corrected chi connectivity index (χ2v) is 6.64. The molecule has 2 fully saturated rings. The van der Waals surface area contributed by atoms with Crippen LogP contribution in [0.2, 0.25) is 0 Å². The van der Waals surface area contributed by atoms with Crippen LogP contribution in [0.4, 0.5) is 0 Å². The van der Waals surface area contributed by atoms with E-state index in [1.165, 1.54) is 7.05 Å². The highest BCUT2D eigenvalue weighted by Crippen LogP contribution is 2.45. The number of phenolic OH excluding ortho intramolecular Hbond substituents is 1. The molecule has 2 amide bonds. The first-order chi connectivity index (χ1) is 11.9. The third-order valence-electron chi connectivity index (χ3n) is 5.51. The summed E-state index contributed by atoms with van der Waals surface area (Å²) in [6.07, 6.45) is 0.383. The number of imide groups is 1. The Labute approximate surface area is 146 Å². The number of ether oxygens (including phenoxy) is 1. The van der Waals surface area contributed by atoms with E-state index in [9.17, 15) is 19.5 Å². The molecule has 0 unspecified atom stereocenters. The van der Waals surface area contributed by atoms with Crippen LogP contribution in [0.5, 0.6) is 5.75 Å². The number of esters is 1. The maximum absolute atomic E-state index is 12.8. The standard InChI is InChI=1S/C18H22N2O5/c1-4-18(17(24)25-5-2)13-12(15(22)20(3)16(13)23)14(19-18)10-6-8-11(21)9-7-10/h6-9,12-14,19,21H,4-5H2,1-3H3/p+1/t12-,13+,14-,18+/m0/s1. The number of carbonyl (C=O) groups is 3. The number of benzene rings is 1. The molecule has 0 radical (unpaired) electrons. The molecule has 3 N–H and O–H groups in total. The zero-order valence-electron chi connectivity index (χ0n) is 14.6. The minimum absolute atomic E-state index is 0.122. The predicted octanol–water partition coefficient (Wildman–Crippen LogP) is -0.0468. The first-order valence-electron chi connectivity index (χ1n) is 8.51. The van der Waals surface area contributed by atoms with Gasteiger partial charge in [0.05, 0.1) is 6.61 Å². The van der Waals surface area contributed by atoms with E-state index in [0.717, 1.165) is 10.5 Å². The zero-order chi connectivity index (χ0) is 18.4.